The monoisotopic (exact) mass is 344 g/mol. The number of hydrogen-bond acceptors (Lipinski definition) is 3. The number of carbonyl (C=O) groups is 2. The van der Waals surface area contributed by atoms with Gasteiger partial charge < -0.3 is 20.5 Å². The predicted molar refractivity (Wildman–Crippen MR) is 96.5 cm³/mol. The molecule has 0 aromatic carbocycles. The molecule has 6 nitrogen and oxygen atoms in total. The molecule has 24 heavy (non-hydrogen) atoms. The molecule has 3 N–H and O–H groups in total. The van der Waals surface area contributed by atoms with Gasteiger partial charge in [0.25, 0.3) is 0 Å². The van der Waals surface area contributed by atoms with Gasteiger partial charge in [0.2, 0.25) is 0 Å². The van der Waals surface area contributed by atoms with E-state index in [1.807, 2.05) is 0 Å². The van der Waals surface area contributed by atoms with Gasteiger partial charge in [-0.2, -0.15) is 0 Å². The van der Waals surface area contributed by atoms with E-state index < -0.39 is 6.09 Å². The second-order valence-corrected chi connectivity index (χ2v) is 6.18. The third-order valence-corrected chi connectivity index (χ3v) is 3.88. The molecule has 0 aromatic heterocycles. The number of ether oxygens (including phenoxy) is 1. The van der Waals surface area contributed by atoms with Crippen molar-refractivity contribution < 1.29 is 19.4 Å². The van der Waals surface area contributed by atoms with Gasteiger partial charge in [-0.05, 0) is 19.3 Å². The van der Waals surface area contributed by atoms with E-state index in [1.54, 1.807) is 0 Å². The van der Waals surface area contributed by atoms with E-state index in [2.05, 4.69) is 17.6 Å². The standard InChI is InChI=1S/C18H36N2O4/c1-2-3-4-5-6-7-10-13-16-24-18(23)20-15-12-9-8-11-14-19-17(21)22/h19H,2-16H2,1H3,(H,20,23)(H,21,22). The molecule has 0 aromatic rings. The van der Waals surface area contributed by atoms with Crippen LogP contribution in [0.5, 0.6) is 0 Å². The zero-order valence-electron chi connectivity index (χ0n) is 15.3. The van der Waals surface area contributed by atoms with E-state index in [4.69, 9.17) is 9.84 Å². The summed E-state index contributed by atoms with van der Waals surface area (Å²) in [7, 11) is 0. The highest BCUT2D eigenvalue weighted by atomic mass is 16.5. The van der Waals surface area contributed by atoms with E-state index in [-0.39, 0.29) is 6.09 Å². The maximum Gasteiger partial charge on any atom is 0.407 e. The van der Waals surface area contributed by atoms with Crippen LogP contribution in [0.3, 0.4) is 0 Å². The Morgan fingerprint density at radius 2 is 1.25 bits per heavy atom. The zero-order chi connectivity index (χ0) is 17.9. The lowest BCUT2D eigenvalue weighted by Gasteiger charge is -2.07. The smallest absolute Gasteiger partial charge is 0.407 e. The van der Waals surface area contributed by atoms with E-state index in [9.17, 15) is 9.59 Å². The van der Waals surface area contributed by atoms with Gasteiger partial charge in [0, 0.05) is 13.1 Å². The first-order valence-electron chi connectivity index (χ1n) is 9.54. The predicted octanol–water partition coefficient (Wildman–Crippen LogP) is 4.68. The Hall–Kier alpha value is -1.46. The van der Waals surface area contributed by atoms with E-state index in [0.29, 0.717) is 19.7 Å². The molecule has 0 spiro atoms. The van der Waals surface area contributed by atoms with Crippen LogP contribution >= 0.6 is 0 Å². The SMILES string of the molecule is CCCCCCCCCCOC(=O)NCCCCCCNC(=O)O. The zero-order valence-corrected chi connectivity index (χ0v) is 15.3. The molecule has 0 aliphatic carbocycles. The van der Waals surface area contributed by atoms with Gasteiger partial charge >= 0.3 is 12.2 Å². The Morgan fingerprint density at radius 3 is 1.83 bits per heavy atom. The Balaban J connectivity index is 3.17. The average molecular weight is 344 g/mol. The van der Waals surface area contributed by atoms with Crippen molar-refractivity contribution in [2.24, 2.45) is 0 Å². The summed E-state index contributed by atoms with van der Waals surface area (Å²) < 4.78 is 5.13. The lowest BCUT2D eigenvalue weighted by atomic mass is 10.1. The minimum absolute atomic E-state index is 0.328. The Kier molecular flexibility index (Phi) is 16.8. The maximum absolute atomic E-state index is 11.5. The van der Waals surface area contributed by atoms with Crippen LogP contribution in [0.4, 0.5) is 9.59 Å². The lowest BCUT2D eigenvalue weighted by Crippen LogP contribution is -2.25. The first-order valence-corrected chi connectivity index (χ1v) is 9.54. The topological polar surface area (TPSA) is 87.7 Å². The summed E-state index contributed by atoms with van der Waals surface area (Å²) >= 11 is 0. The van der Waals surface area contributed by atoms with Crippen molar-refractivity contribution >= 4 is 12.2 Å². The molecule has 2 amide bonds. The van der Waals surface area contributed by atoms with Crippen molar-refractivity contribution in [3.05, 3.63) is 0 Å². The van der Waals surface area contributed by atoms with Crippen LogP contribution < -0.4 is 10.6 Å². The molecular weight excluding hydrogens is 308 g/mol. The normalized spacial score (nSPS) is 10.4. The third kappa shape index (κ3) is 18.6. The fourth-order valence-electron chi connectivity index (χ4n) is 2.44. The van der Waals surface area contributed by atoms with E-state index in [1.165, 1.54) is 38.5 Å². The van der Waals surface area contributed by atoms with Crippen LogP contribution in [-0.4, -0.2) is 37.0 Å². The van der Waals surface area contributed by atoms with Gasteiger partial charge in [0.05, 0.1) is 6.61 Å². The maximum atomic E-state index is 11.5. The van der Waals surface area contributed by atoms with E-state index in [0.717, 1.165) is 38.5 Å². The summed E-state index contributed by atoms with van der Waals surface area (Å²) in [5, 5.41) is 13.5. The first-order chi connectivity index (χ1) is 11.7. The number of carbonyl (C=O) groups excluding carboxylic acids is 1. The quantitative estimate of drug-likeness (QED) is 0.355. The fourth-order valence-corrected chi connectivity index (χ4v) is 2.44. The number of nitrogens with one attached hydrogen (secondary N) is 2. The van der Waals surface area contributed by atoms with Crippen LogP contribution in [0.2, 0.25) is 0 Å². The molecule has 0 unspecified atom stereocenters. The van der Waals surface area contributed by atoms with Crippen LogP contribution in [0.15, 0.2) is 0 Å². The van der Waals surface area contributed by atoms with Crippen LogP contribution in [0, 0.1) is 0 Å². The second kappa shape index (κ2) is 17.9. The molecule has 0 bridgehead atoms. The Morgan fingerprint density at radius 1 is 0.750 bits per heavy atom. The van der Waals surface area contributed by atoms with E-state index >= 15 is 0 Å². The molecule has 0 heterocycles. The largest absolute Gasteiger partial charge is 0.465 e. The molecule has 142 valence electrons. The van der Waals surface area contributed by atoms with Crippen LogP contribution in [0.25, 0.3) is 0 Å². The molecule has 0 fully saturated rings. The molecule has 0 aliphatic heterocycles. The van der Waals surface area contributed by atoms with Crippen LogP contribution in [0.1, 0.15) is 84.0 Å². The molecule has 0 saturated heterocycles. The number of unbranched alkanes of at least 4 members (excludes halogenated alkanes) is 10. The summed E-state index contributed by atoms with van der Waals surface area (Å²) in [4.78, 5) is 21.7. The minimum Gasteiger partial charge on any atom is -0.465 e. The highest BCUT2D eigenvalue weighted by Gasteiger charge is 2.01. The summed E-state index contributed by atoms with van der Waals surface area (Å²) in [5.41, 5.74) is 0. The molecule has 0 rings (SSSR count). The van der Waals surface area contributed by atoms with Gasteiger partial charge in [0.15, 0.2) is 0 Å². The van der Waals surface area contributed by atoms with Gasteiger partial charge in [-0.1, -0.05) is 64.7 Å². The highest BCUT2D eigenvalue weighted by molar-refractivity contribution is 5.66. The average Bonchev–Trinajstić information content (AvgIpc) is 2.55. The number of alkyl carbamates (subject to hydrolysis) is 1. The minimum atomic E-state index is -0.976. The van der Waals surface area contributed by atoms with Gasteiger partial charge in [0.1, 0.15) is 0 Å². The molecule has 0 aliphatic rings. The molecule has 0 atom stereocenters. The number of rotatable bonds is 16. The molecular formula is C18H36N2O4. The van der Waals surface area contributed by atoms with Crippen molar-refractivity contribution in [1.29, 1.82) is 0 Å². The Bertz CT molecular complexity index is 311. The molecule has 0 saturated carbocycles. The lowest BCUT2D eigenvalue weighted by molar-refractivity contribution is 0.143. The fraction of sp³-hybridized carbons (Fsp3) is 0.889. The van der Waals surface area contributed by atoms with Crippen molar-refractivity contribution in [2.45, 2.75) is 84.0 Å². The summed E-state index contributed by atoms with van der Waals surface area (Å²) in [6, 6.07) is 0. The van der Waals surface area contributed by atoms with Crippen LogP contribution in [-0.2, 0) is 4.74 Å². The molecule has 0 radical (unpaired) electrons. The highest BCUT2D eigenvalue weighted by Crippen LogP contribution is 2.08. The van der Waals surface area contributed by atoms with Crippen molar-refractivity contribution in [3.63, 3.8) is 0 Å². The van der Waals surface area contributed by atoms with Crippen molar-refractivity contribution in [1.82, 2.24) is 10.6 Å². The number of amides is 2. The van der Waals surface area contributed by atoms with Crippen molar-refractivity contribution in [3.8, 4) is 0 Å². The number of carboxylic acid groups (broad SMARTS) is 1. The summed E-state index contributed by atoms with van der Waals surface area (Å²) in [5.74, 6) is 0. The molecule has 6 heteroatoms. The van der Waals surface area contributed by atoms with Gasteiger partial charge in [-0.15, -0.1) is 0 Å². The third-order valence-electron chi connectivity index (χ3n) is 3.88. The second-order valence-electron chi connectivity index (χ2n) is 6.18. The van der Waals surface area contributed by atoms with Crippen molar-refractivity contribution in [2.75, 3.05) is 19.7 Å². The first kappa shape index (κ1) is 22.5. The summed E-state index contributed by atoms with van der Waals surface area (Å²) in [6.07, 6.45) is 12.2. The number of hydrogen-bond donors (Lipinski definition) is 3. The van der Waals surface area contributed by atoms with Gasteiger partial charge in [-0.25, -0.2) is 9.59 Å². The Labute approximate surface area is 146 Å². The summed E-state index contributed by atoms with van der Waals surface area (Å²) in [6.45, 7) is 3.83. The van der Waals surface area contributed by atoms with Gasteiger partial charge in [-0.3, -0.25) is 0 Å².